The van der Waals surface area contributed by atoms with Gasteiger partial charge in [0, 0.05) is 24.1 Å². The highest BCUT2D eigenvalue weighted by Gasteiger charge is 2.05. The monoisotopic (exact) mass is 207 g/mol. The van der Waals surface area contributed by atoms with Gasteiger partial charge in [0.15, 0.2) is 0 Å². The van der Waals surface area contributed by atoms with Crippen molar-refractivity contribution in [3.63, 3.8) is 0 Å². The van der Waals surface area contributed by atoms with Crippen LogP contribution in [-0.2, 0) is 6.61 Å². The Morgan fingerprint density at radius 1 is 1.47 bits per heavy atom. The average molecular weight is 207 g/mol. The molecule has 0 saturated carbocycles. The number of nitrogens with zero attached hydrogens (tertiary/aromatic N) is 2. The molecule has 3 N–H and O–H groups in total. The van der Waals surface area contributed by atoms with E-state index in [1.165, 1.54) is 12.1 Å². The molecule has 2 aromatic rings. The Kier molecular flexibility index (Phi) is 2.39. The minimum atomic E-state index is -0.481. The molecule has 0 amide bonds. The summed E-state index contributed by atoms with van der Waals surface area (Å²) in [5, 5.41) is 8.99. The molecule has 2 rings (SSSR count). The predicted molar refractivity (Wildman–Crippen MR) is 53.9 cm³/mol. The lowest BCUT2D eigenvalue weighted by Gasteiger charge is -2.06. The summed E-state index contributed by atoms with van der Waals surface area (Å²) in [4.78, 5) is 3.92. The zero-order valence-corrected chi connectivity index (χ0v) is 7.89. The highest BCUT2D eigenvalue weighted by molar-refractivity contribution is 5.47. The fraction of sp³-hybridized carbons (Fsp3) is 0.100. The van der Waals surface area contributed by atoms with Gasteiger partial charge in [0.05, 0.1) is 5.69 Å². The Balaban J connectivity index is 2.50. The van der Waals surface area contributed by atoms with Crippen LogP contribution in [0, 0.1) is 5.82 Å². The number of benzene rings is 1. The first-order chi connectivity index (χ1) is 7.22. The molecule has 1 heterocycles. The van der Waals surface area contributed by atoms with Crippen LogP contribution in [-0.4, -0.2) is 14.7 Å². The number of rotatable bonds is 2. The minimum Gasteiger partial charge on any atom is -0.396 e. The lowest BCUT2D eigenvalue weighted by Crippen LogP contribution is -2.01. The molecule has 0 fully saturated rings. The first-order valence-electron chi connectivity index (χ1n) is 4.41. The second kappa shape index (κ2) is 3.70. The molecular formula is C10H10FN3O. The number of nitrogen functional groups attached to an aromatic ring is 1. The van der Waals surface area contributed by atoms with Gasteiger partial charge in [-0.15, -0.1) is 0 Å². The highest BCUT2D eigenvalue weighted by Crippen LogP contribution is 2.16. The van der Waals surface area contributed by atoms with Crippen LogP contribution < -0.4 is 5.73 Å². The summed E-state index contributed by atoms with van der Waals surface area (Å²) in [6, 6.07) is 4.45. The van der Waals surface area contributed by atoms with Crippen LogP contribution in [0.3, 0.4) is 0 Å². The first kappa shape index (κ1) is 9.67. The largest absolute Gasteiger partial charge is 0.396 e. The van der Waals surface area contributed by atoms with Crippen molar-refractivity contribution in [3.05, 3.63) is 42.2 Å². The molecule has 1 aromatic carbocycles. The van der Waals surface area contributed by atoms with Crippen molar-refractivity contribution in [2.45, 2.75) is 6.61 Å². The standard InChI is InChI=1S/C10H10FN3O/c11-8-5-7(1-2-9(8)12)14-4-3-13-10(14)6-15/h1-5,15H,6,12H2. The molecule has 0 aliphatic rings. The van der Waals surface area contributed by atoms with Gasteiger partial charge in [-0.05, 0) is 12.1 Å². The predicted octanol–water partition coefficient (Wildman–Crippen LogP) is 1.09. The third-order valence-corrected chi connectivity index (χ3v) is 2.12. The van der Waals surface area contributed by atoms with E-state index >= 15 is 0 Å². The van der Waals surface area contributed by atoms with Crippen LogP contribution in [0.2, 0.25) is 0 Å². The topological polar surface area (TPSA) is 64.1 Å². The van der Waals surface area contributed by atoms with Crippen molar-refractivity contribution >= 4 is 5.69 Å². The van der Waals surface area contributed by atoms with Gasteiger partial charge in [0.2, 0.25) is 0 Å². The number of aliphatic hydroxyl groups is 1. The molecule has 0 atom stereocenters. The molecule has 1 aromatic heterocycles. The molecule has 0 radical (unpaired) electrons. The van der Waals surface area contributed by atoms with Crippen molar-refractivity contribution in [2.75, 3.05) is 5.73 Å². The molecule has 4 nitrogen and oxygen atoms in total. The Morgan fingerprint density at radius 2 is 2.27 bits per heavy atom. The van der Waals surface area contributed by atoms with Crippen molar-refractivity contribution in [1.29, 1.82) is 0 Å². The fourth-order valence-corrected chi connectivity index (χ4v) is 1.35. The smallest absolute Gasteiger partial charge is 0.148 e. The molecule has 5 heteroatoms. The Hall–Kier alpha value is -1.88. The summed E-state index contributed by atoms with van der Waals surface area (Å²) in [6.07, 6.45) is 3.19. The van der Waals surface area contributed by atoms with E-state index in [4.69, 9.17) is 10.8 Å². The van der Waals surface area contributed by atoms with Gasteiger partial charge in [-0.25, -0.2) is 9.37 Å². The third kappa shape index (κ3) is 1.69. The van der Waals surface area contributed by atoms with E-state index in [1.807, 2.05) is 0 Å². The molecule has 0 spiro atoms. The van der Waals surface area contributed by atoms with Crippen LogP contribution in [0.25, 0.3) is 5.69 Å². The lowest BCUT2D eigenvalue weighted by molar-refractivity contribution is 0.269. The maximum absolute atomic E-state index is 13.2. The molecule has 0 unspecified atom stereocenters. The quantitative estimate of drug-likeness (QED) is 0.724. The molecule has 0 saturated heterocycles. The van der Waals surface area contributed by atoms with Gasteiger partial charge in [0.25, 0.3) is 0 Å². The van der Waals surface area contributed by atoms with Crippen molar-refractivity contribution in [2.24, 2.45) is 0 Å². The van der Waals surface area contributed by atoms with Crippen LogP contribution >= 0.6 is 0 Å². The van der Waals surface area contributed by atoms with Crippen molar-refractivity contribution in [3.8, 4) is 5.69 Å². The minimum absolute atomic E-state index is 0.101. The third-order valence-electron chi connectivity index (χ3n) is 2.12. The maximum atomic E-state index is 13.2. The zero-order valence-electron chi connectivity index (χ0n) is 7.89. The molecule has 78 valence electrons. The fourth-order valence-electron chi connectivity index (χ4n) is 1.35. The van der Waals surface area contributed by atoms with Gasteiger partial charge < -0.3 is 15.4 Å². The van der Waals surface area contributed by atoms with Gasteiger partial charge in [-0.3, -0.25) is 0 Å². The Labute approximate surface area is 85.8 Å². The summed E-state index contributed by atoms with van der Waals surface area (Å²) in [7, 11) is 0. The average Bonchev–Trinajstić information content (AvgIpc) is 2.70. The van der Waals surface area contributed by atoms with Gasteiger partial charge in [-0.2, -0.15) is 0 Å². The van der Waals surface area contributed by atoms with E-state index in [0.717, 1.165) is 0 Å². The van der Waals surface area contributed by atoms with E-state index in [2.05, 4.69) is 4.98 Å². The number of imidazole rings is 1. The van der Waals surface area contributed by atoms with E-state index in [9.17, 15) is 4.39 Å². The van der Waals surface area contributed by atoms with E-state index in [1.54, 1.807) is 23.0 Å². The number of halogens is 1. The summed E-state index contributed by atoms with van der Waals surface area (Å²) < 4.78 is 14.8. The first-order valence-corrected chi connectivity index (χ1v) is 4.41. The van der Waals surface area contributed by atoms with Crippen LogP contribution in [0.15, 0.2) is 30.6 Å². The van der Waals surface area contributed by atoms with Crippen molar-refractivity contribution in [1.82, 2.24) is 9.55 Å². The van der Waals surface area contributed by atoms with Gasteiger partial charge in [0.1, 0.15) is 18.2 Å². The number of aliphatic hydroxyl groups excluding tert-OH is 1. The summed E-state index contributed by atoms with van der Waals surface area (Å²) in [6.45, 7) is -0.195. The maximum Gasteiger partial charge on any atom is 0.148 e. The van der Waals surface area contributed by atoms with Crippen molar-refractivity contribution < 1.29 is 9.50 Å². The number of aromatic nitrogens is 2. The van der Waals surface area contributed by atoms with E-state index < -0.39 is 5.82 Å². The summed E-state index contributed by atoms with van der Waals surface area (Å²) in [5.41, 5.74) is 6.05. The normalized spacial score (nSPS) is 10.5. The molecular weight excluding hydrogens is 197 g/mol. The molecule has 0 aliphatic heterocycles. The second-order valence-electron chi connectivity index (χ2n) is 3.08. The number of nitrogens with two attached hydrogens (primary N) is 1. The number of hydrogen-bond acceptors (Lipinski definition) is 3. The molecule has 0 aliphatic carbocycles. The molecule has 15 heavy (non-hydrogen) atoms. The summed E-state index contributed by atoms with van der Waals surface area (Å²) in [5.74, 6) is -0.0238. The van der Waals surface area contributed by atoms with Crippen LogP contribution in [0.5, 0.6) is 0 Å². The van der Waals surface area contributed by atoms with Crippen LogP contribution in [0.4, 0.5) is 10.1 Å². The van der Waals surface area contributed by atoms with Gasteiger partial charge in [-0.1, -0.05) is 0 Å². The van der Waals surface area contributed by atoms with E-state index in [0.29, 0.717) is 11.5 Å². The SMILES string of the molecule is Nc1ccc(-n2ccnc2CO)cc1F. The lowest BCUT2D eigenvalue weighted by atomic mass is 10.2. The van der Waals surface area contributed by atoms with Crippen LogP contribution in [0.1, 0.15) is 5.82 Å². The zero-order chi connectivity index (χ0) is 10.8. The Bertz CT molecular complexity index is 481. The number of hydrogen-bond donors (Lipinski definition) is 2. The Morgan fingerprint density at radius 3 is 2.93 bits per heavy atom. The highest BCUT2D eigenvalue weighted by atomic mass is 19.1. The number of anilines is 1. The van der Waals surface area contributed by atoms with Gasteiger partial charge >= 0.3 is 0 Å². The summed E-state index contributed by atoms with van der Waals surface area (Å²) >= 11 is 0. The second-order valence-corrected chi connectivity index (χ2v) is 3.08. The van der Waals surface area contributed by atoms with E-state index in [-0.39, 0.29) is 12.3 Å². The molecule has 0 bridgehead atoms.